The molecule has 0 unspecified atom stereocenters. The van der Waals surface area contributed by atoms with Crippen LogP contribution in [0, 0.1) is 6.92 Å². The summed E-state index contributed by atoms with van der Waals surface area (Å²) in [6.07, 6.45) is 2.68. The van der Waals surface area contributed by atoms with Crippen molar-refractivity contribution in [2.75, 3.05) is 5.32 Å². The number of amides is 1. The van der Waals surface area contributed by atoms with Gasteiger partial charge in [0.25, 0.3) is 0 Å². The van der Waals surface area contributed by atoms with Crippen LogP contribution in [0.3, 0.4) is 0 Å². The third-order valence-corrected chi connectivity index (χ3v) is 8.36. The minimum atomic E-state index is -0.749. The maximum atomic E-state index is 12.8. The van der Waals surface area contributed by atoms with Gasteiger partial charge in [-0.1, -0.05) is 78.9 Å². The SMILES string of the molecule is Cc1cnc2sc(-c3ccc(-c4ccc(C5(C(=O)O)CC5)cc4)cc3)c(NC(=O)OCc3ccccc3)c2c1. The van der Waals surface area contributed by atoms with Crippen LogP contribution in [0.5, 0.6) is 0 Å². The van der Waals surface area contributed by atoms with Crippen molar-refractivity contribution in [2.45, 2.75) is 31.8 Å². The predicted molar refractivity (Wildman–Crippen MR) is 154 cm³/mol. The standard InChI is InChI=1S/C32H26N2O4S/c1-20-17-26-27(34-31(37)38-19-21-5-3-2-4-6-21)28(39-29(26)33-18-20)24-9-7-22(8-10-24)23-11-13-25(14-12-23)32(15-16-32)30(35)36/h2-14,17-18H,15-16,19H2,1H3,(H,34,37)(H,35,36). The lowest BCUT2D eigenvalue weighted by atomic mass is 9.93. The average molecular weight is 535 g/mol. The number of carbonyl (C=O) groups excluding carboxylic acids is 1. The number of nitrogens with one attached hydrogen (secondary N) is 1. The molecule has 6 rings (SSSR count). The van der Waals surface area contributed by atoms with E-state index in [0.29, 0.717) is 18.5 Å². The van der Waals surface area contributed by atoms with Crippen molar-refractivity contribution >= 4 is 39.3 Å². The Bertz CT molecular complexity index is 1670. The molecule has 1 fully saturated rings. The van der Waals surface area contributed by atoms with E-state index >= 15 is 0 Å². The summed E-state index contributed by atoms with van der Waals surface area (Å²) in [4.78, 5) is 30.8. The van der Waals surface area contributed by atoms with Crippen LogP contribution in [0.15, 0.2) is 91.1 Å². The molecule has 0 atom stereocenters. The highest BCUT2D eigenvalue weighted by molar-refractivity contribution is 7.22. The Hall–Kier alpha value is -4.49. The first-order valence-electron chi connectivity index (χ1n) is 12.7. The van der Waals surface area contributed by atoms with Gasteiger partial charge in [-0.3, -0.25) is 10.1 Å². The van der Waals surface area contributed by atoms with Crippen molar-refractivity contribution in [1.82, 2.24) is 4.98 Å². The molecule has 7 heteroatoms. The van der Waals surface area contributed by atoms with Gasteiger partial charge in [-0.05, 0) is 59.2 Å². The number of carboxylic acid groups (broad SMARTS) is 1. The zero-order valence-electron chi connectivity index (χ0n) is 21.3. The van der Waals surface area contributed by atoms with Crippen LogP contribution < -0.4 is 5.32 Å². The van der Waals surface area contributed by atoms with E-state index in [2.05, 4.69) is 10.3 Å². The number of carboxylic acids is 1. The number of aliphatic carboxylic acids is 1. The van der Waals surface area contributed by atoms with Gasteiger partial charge in [0.05, 0.1) is 16.0 Å². The highest BCUT2D eigenvalue weighted by Gasteiger charge is 2.51. The van der Waals surface area contributed by atoms with Crippen molar-refractivity contribution in [3.8, 4) is 21.6 Å². The summed E-state index contributed by atoms with van der Waals surface area (Å²) in [6.45, 7) is 2.16. The zero-order valence-corrected chi connectivity index (χ0v) is 22.1. The second-order valence-electron chi connectivity index (χ2n) is 9.90. The van der Waals surface area contributed by atoms with Gasteiger partial charge < -0.3 is 9.84 Å². The number of anilines is 1. The molecule has 1 aliphatic rings. The molecule has 1 aliphatic carbocycles. The monoisotopic (exact) mass is 534 g/mol. The Labute approximate surface area is 229 Å². The van der Waals surface area contributed by atoms with Crippen molar-refractivity contribution in [1.29, 1.82) is 0 Å². The topological polar surface area (TPSA) is 88.5 Å². The van der Waals surface area contributed by atoms with Crippen molar-refractivity contribution in [3.05, 3.63) is 108 Å². The Morgan fingerprint density at radius 3 is 2.23 bits per heavy atom. The van der Waals surface area contributed by atoms with E-state index in [1.54, 1.807) is 0 Å². The Morgan fingerprint density at radius 1 is 0.949 bits per heavy atom. The van der Waals surface area contributed by atoms with E-state index in [9.17, 15) is 14.7 Å². The molecule has 1 amide bonds. The second kappa shape index (κ2) is 10.0. The maximum Gasteiger partial charge on any atom is 0.412 e. The quantitative estimate of drug-likeness (QED) is 0.222. The van der Waals surface area contributed by atoms with Crippen LogP contribution in [0.25, 0.3) is 31.8 Å². The molecule has 5 aromatic rings. The molecule has 0 bridgehead atoms. The number of hydrogen-bond acceptors (Lipinski definition) is 5. The van der Waals surface area contributed by atoms with Crippen LogP contribution >= 0.6 is 11.3 Å². The molecule has 0 saturated heterocycles. The fraction of sp³-hybridized carbons (Fsp3) is 0.156. The molecular formula is C32H26N2O4S. The summed E-state index contributed by atoms with van der Waals surface area (Å²) in [6, 6.07) is 27.5. The second-order valence-corrected chi connectivity index (χ2v) is 10.9. The molecule has 194 valence electrons. The van der Waals surface area contributed by atoms with E-state index < -0.39 is 17.5 Å². The normalized spacial score (nSPS) is 13.7. The number of nitrogens with zero attached hydrogens (tertiary/aromatic N) is 1. The van der Waals surface area contributed by atoms with Crippen molar-refractivity contribution < 1.29 is 19.4 Å². The Balaban J connectivity index is 1.26. The number of rotatable bonds is 7. The van der Waals surface area contributed by atoms with E-state index in [-0.39, 0.29) is 6.61 Å². The lowest BCUT2D eigenvalue weighted by molar-refractivity contribution is -0.140. The van der Waals surface area contributed by atoms with E-state index in [1.807, 2.05) is 98.0 Å². The van der Waals surface area contributed by atoms with Gasteiger partial charge in [-0.25, -0.2) is 9.78 Å². The minimum Gasteiger partial charge on any atom is -0.481 e. The smallest absolute Gasteiger partial charge is 0.412 e. The molecule has 0 aliphatic heterocycles. The first-order valence-corrected chi connectivity index (χ1v) is 13.6. The average Bonchev–Trinajstić information content (AvgIpc) is 3.71. The number of pyridine rings is 1. The van der Waals surface area contributed by atoms with Crippen LogP contribution in [0.2, 0.25) is 0 Å². The summed E-state index contributed by atoms with van der Waals surface area (Å²) < 4.78 is 5.50. The first kappa shape index (κ1) is 24.8. The van der Waals surface area contributed by atoms with Gasteiger partial charge >= 0.3 is 12.1 Å². The number of fused-ring (bicyclic) bond motifs is 1. The van der Waals surface area contributed by atoms with Crippen LogP contribution in [0.4, 0.5) is 10.5 Å². The molecule has 39 heavy (non-hydrogen) atoms. The maximum absolute atomic E-state index is 12.8. The number of aromatic nitrogens is 1. The number of carbonyl (C=O) groups is 2. The molecule has 6 nitrogen and oxygen atoms in total. The fourth-order valence-electron chi connectivity index (χ4n) is 4.82. The van der Waals surface area contributed by atoms with Crippen molar-refractivity contribution in [3.63, 3.8) is 0 Å². The summed E-state index contributed by atoms with van der Waals surface area (Å²) in [5, 5.41) is 13.4. The van der Waals surface area contributed by atoms with Crippen LogP contribution in [-0.4, -0.2) is 22.2 Å². The zero-order chi connectivity index (χ0) is 27.0. The third-order valence-electron chi connectivity index (χ3n) is 7.20. The van der Waals surface area contributed by atoms with Gasteiger partial charge in [0.1, 0.15) is 11.4 Å². The predicted octanol–water partition coefficient (Wildman–Crippen LogP) is 7.80. The van der Waals surface area contributed by atoms with E-state index in [0.717, 1.165) is 48.5 Å². The minimum absolute atomic E-state index is 0.183. The van der Waals surface area contributed by atoms with Gasteiger partial charge in [0, 0.05) is 11.6 Å². The molecule has 3 aromatic carbocycles. The third kappa shape index (κ3) is 4.89. The molecular weight excluding hydrogens is 508 g/mol. The number of benzene rings is 3. The fourth-order valence-corrected chi connectivity index (χ4v) is 5.91. The Kier molecular flexibility index (Phi) is 6.37. The Morgan fingerprint density at radius 2 is 1.59 bits per heavy atom. The highest BCUT2D eigenvalue weighted by Crippen LogP contribution is 2.48. The summed E-state index contributed by atoms with van der Waals surface area (Å²) in [5.41, 5.74) is 5.75. The number of thiophene rings is 1. The lowest BCUT2D eigenvalue weighted by Gasteiger charge is -2.12. The molecule has 1 saturated carbocycles. The molecule has 0 radical (unpaired) electrons. The number of ether oxygens (including phenoxy) is 1. The van der Waals surface area contributed by atoms with Crippen LogP contribution in [0.1, 0.15) is 29.5 Å². The highest BCUT2D eigenvalue weighted by atomic mass is 32.1. The molecule has 0 spiro atoms. The van der Waals surface area contributed by atoms with Crippen LogP contribution in [-0.2, 0) is 21.6 Å². The van der Waals surface area contributed by atoms with Gasteiger partial charge in [0.15, 0.2) is 0 Å². The largest absolute Gasteiger partial charge is 0.481 e. The van der Waals surface area contributed by atoms with Gasteiger partial charge in [-0.2, -0.15) is 0 Å². The lowest BCUT2D eigenvalue weighted by Crippen LogP contribution is -2.19. The summed E-state index contributed by atoms with van der Waals surface area (Å²) >= 11 is 1.52. The van der Waals surface area contributed by atoms with Gasteiger partial charge in [-0.15, -0.1) is 11.3 Å². The van der Waals surface area contributed by atoms with Crippen molar-refractivity contribution in [2.24, 2.45) is 0 Å². The van der Waals surface area contributed by atoms with E-state index in [4.69, 9.17) is 4.74 Å². The van der Waals surface area contributed by atoms with E-state index in [1.165, 1.54) is 11.3 Å². The molecule has 2 N–H and O–H groups in total. The summed E-state index contributed by atoms with van der Waals surface area (Å²) in [7, 11) is 0. The summed E-state index contributed by atoms with van der Waals surface area (Å²) in [5.74, 6) is -0.749. The number of aryl methyl sites for hydroxylation is 1. The first-order chi connectivity index (χ1) is 18.9. The van der Waals surface area contributed by atoms with Gasteiger partial charge in [0.2, 0.25) is 0 Å². The molecule has 2 aromatic heterocycles. The molecule has 2 heterocycles. The number of hydrogen-bond donors (Lipinski definition) is 2.